The molecule has 1 saturated heterocycles. The average Bonchev–Trinajstić information content (AvgIpc) is 2.82. The SMILES string of the molecule is Cc1noc(CNS(=O)(=O)N2CCCCC2CO)n1. The fourth-order valence-corrected chi connectivity index (χ4v) is 3.53. The summed E-state index contributed by atoms with van der Waals surface area (Å²) in [6, 6.07) is -0.351. The largest absolute Gasteiger partial charge is 0.395 e. The fraction of sp³-hybridized carbons (Fsp3) is 0.800. The second kappa shape index (κ2) is 5.95. The minimum atomic E-state index is -3.64. The van der Waals surface area contributed by atoms with E-state index in [1.165, 1.54) is 4.31 Å². The van der Waals surface area contributed by atoms with E-state index in [0.717, 1.165) is 12.8 Å². The Morgan fingerprint density at radius 2 is 2.32 bits per heavy atom. The molecule has 1 aromatic heterocycles. The summed E-state index contributed by atoms with van der Waals surface area (Å²) >= 11 is 0. The molecule has 2 rings (SSSR count). The van der Waals surface area contributed by atoms with Crippen LogP contribution in [0, 0.1) is 6.92 Å². The summed E-state index contributed by atoms with van der Waals surface area (Å²) in [5.41, 5.74) is 0. The van der Waals surface area contributed by atoms with E-state index in [9.17, 15) is 13.5 Å². The van der Waals surface area contributed by atoms with Crippen molar-refractivity contribution in [2.24, 2.45) is 0 Å². The Morgan fingerprint density at radius 3 is 2.95 bits per heavy atom. The molecule has 0 spiro atoms. The first-order valence-corrected chi connectivity index (χ1v) is 7.63. The van der Waals surface area contributed by atoms with Gasteiger partial charge in [-0.15, -0.1) is 0 Å². The first kappa shape index (κ1) is 14.4. The zero-order chi connectivity index (χ0) is 13.9. The molecular formula is C10H18N4O4S. The molecule has 0 aliphatic carbocycles. The number of aromatic nitrogens is 2. The molecule has 0 aromatic carbocycles. The summed E-state index contributed by atoms with van der Waals surface area (Å²) in [7, 11) is -3.64. The van der Waals surface area contributed by atoms with Gasteiger partial charge in [0.15, 0.2) is 5.82 Å². The second-order valence-electron chi connectivity index (χ2n) is 4.50. The van der Waals surface area contributed by atoms with Crippen LogP contribution < -0.4 is 4.72 Å². The van der Waals surface area contributed by atoms with Crippen LogP contribution in [0.4, 0.5) is 0 Å². The van der Waals surface area contributed by atoms with E-state index < -0.39 is 10.2 Å². The molecule has 2 N–H and O–H groups in total. The number of nitrogens with one attached hydrogen (secondary N) is 1. The van der Waals surface area contributed by atoms with Crippen LogP contribution in [0.2, 0.25) is 0 Å². The van der Waals surface area contributed by atoms with Crippen LogP contribution in [0.5, 0.6) is 0 Å². The molecule has 1 aromatic rings. The highest BCUT2D eigenvalue weighted by molar-refractivity contribution is 7.87. The van der Waals surface area contributed by atoms with Gasteiger partial charge in [0.2, 0.25) is 5.89 Å². The lowest BCUT2D eigenvalue weighted by Gasteiger charge is -2.33. The third kappa shape index (κ3) is 3.50. The van der Waals surface area contributed by atoms with E-state index in [4.69, 9.17) is 4.52 Å². The van der Waals surface area contributed by atoms with E-state index in [0.29, 0.717) is 18.8 Å². The predicted octanol–water partition coefficient (Wildman–Crippen LogP) is -0.441. The molecule has 0 amide bonds. The number of rotatable bonds is 5. The number of aryl methyl sites for hydroxylation is 1. The Bertz CT molecular complexity index is 515. The summed E-state index contributed by atoms with van der Waals surface area (Å²) in [5, 5.41) is 12.8. The maximum atomic E-state index is 12.1. The third-order valence-electron chi connectivity index (χ3n) is 3.07. The van der Waals surface area contributed by atoms with Crippen LogP contribution in [0.15, 0.2) is 4.52 Å². The molecule has 108 valence electrons. The molecule has 8 nitrogen and oxygen atoms in total. The van der Waals surface area contributed by atoms with E-state index in [1.807, 2.05) is 0 Å². The van der Waals surface area contributed by atoms with Gasteiger partial charge in [0.05, 0.1) is 13.2 Å². The van der Waals surface area contributed by atoms with Crippen LogP contribution in [-0.4, -0.2) is 47.2 Å². The van der Waals surface area contributed by atoms with Gasteiger partial charge in [0.1, 0.15) is 0 Å². The standard InChI is InChI=1S/C10H18N4O4S/c1-8-12-10(18-13-8)6-11-19(16,17)14-5-3-2-4-9(14)7-15/h9,11,15H,2-7H2,1H3. The van der Waals surface area contributed by atoms with Crippen LogP contribution in [0.1, 0.15) is 31.0 Å². The molecule has 1 atom stereocenters. The molecule has 1 aliphatic rings. The smallest absolute Gasteiger partial charge is 0.280 e. The quantitative estimate of drug-likeness (QED) is 0.761. The number of hydrogen-bond donors (Lipinski definition) is 2. The molecular weight excluding hydrogens is 272 g/mol. The lowest BCUT2D eigenvalue weighted by atomic mass is 10.1. The van der Waals surface area contributed by atoms with Crippen molar-refractivity contribution in [2.75, 3.05) is 13.2 Å². The van der Waals surface area contributed by atoms with Gasteiger partial charge >= 0.3 is 0 Å². The summed E-state index contributed by atoms with van der Waals surface area (Å²) in [6.07, 6.45) is 2.41. The Hall–Kier alpha value is -1.03. The maximum Gasteiger partial charge on any atom is 0.280 e. The van der Waals surface area contributed by atoms with Gasteiger partial charge in [0, 0.05) is 12.6 Å². The number of aliphatic hydroxyl groups is 1. The monoisotopic (exact) mass is 290 g/mol. The Morgan fingerprint density at radius 1 is 1.53 bits per heavy atom. The van der Waals surface area contributed by atoms with Crippen LogP contribution in [-0.2, 0) is 16.8 Å². The summed E-state index contributed by atoms with van der Waals surface area (Å²) in [6.45, 7) is 1.87. The highest BCUT2D eigenvalue weighted by Crippen LogP contribution is 2.19. The predicted molar refractivity (Wildman–Crippen MR) is 66.2 cm³/mol. The van der Waals surface area contributed by atoms with Crippen molar-refractivity contribution in [3.8, 4) is 0 Å². The minimum Gasteiger partial charge on any atom is -0.395 e. The third-order valence-corrected chi connectivity index (χ3v) is 4.68. The van der Waals surface area contributed by atoms with E-state index in [-0.39, 0.29) is 25.1 Å². The van der Waals surface area contributed by atoms with Gasteiger partial charge in [-0.25, -0.2) is 0 Å². The van der Waals surface area contributed by atoms with Crippen molar-refractivity contribution in [1.82, 2.24) is 19.2 Å². The Kier molecular flexibility index (Phi) is 4.50. The zero-order valence-corrected chi connectivity index (χ0v) is 11.6. The highest BCUT2D eigenvalue weighted by Gasteiger charge is 2.31. The molecule has 1 unspecified atom stereocenters. The Balaban J connectivity index is 2.00. The van der Waals surface area contributed by atoms with E-state index in [2.05, 4.69) is 14.9 Å². The lowest BCUT2D eigenvalue weighted by Crippen LogP contribution is -2.50. The molecule has 1 fully saturated rings. The van der Waals surface area contributed by atoms with Crippen LogP contribution in [0.25, 0.3) is 0 Å². The number of hydrogen-bond acceptors (Lipinski definition) is 6. The first-order chi connectivity index (χ1) is 9.03. The van der Waals surface area contributed by atoms with Crippen molar-refractivity contribution in [1.29, 1.82) is 0 Å². The van der Waals surface area contributed by atoms with Gasteiger partial charge in [-0.2, -0.15) is 22.4 Å². The lowest BCUT2D eigenvalue weighted by molar-refractivity contribution is 0.153. The molecule has 0 saturated carbocycles. The summed E-state index contributed by atoms with van der Waals surface area (Å²) in [5.74, 6) is 0.680. The van der Waals surface area contributed by atoms with Crippen molar-refractivity contribution >= 4 is 10.2 Å². The zero-order valence-electron chi connectivity index (χ0n) is 10.7. The Labute approximate surface area is 112 Å². The van der Waals surface area contributed by atoms with Crippen LogP contribution in [0.3, 0.4) is 0 Å². The first-order valence-electron chi connectivity index (χ1n) is 6.19. The van der Waals surface area contributed by atoms with Crippen molar-refractivity contribution in [2.45, 2.75) is 38.8 Å². The highest BCUT2D eigenvalue weighted by atomic mass is 32.2. The van der Waals surface area contributed by atoms with E-state index in [1.54, 1.807) is 6.92 Å². The van der Waals surface area contributed by atoms with Gasteiger partial charge in [-0.1, -0.05) is 11.6 Å². The molecule has 0 radical (unpaired) electrons. The topological polar surface area (TPSA) is 109 Å². The molecule has 19 heavy (non-hydrogen) atoms. The fourth-order valence-electron chi connectivity index (χ4n) is 2.12. The number of nitrogens with zero attached hydrogens (tertiary/aromatic N) is 3. The van der Waals surface area contributed by atoms with Crippen molar-refractivity contribution in [3.05, 3.63) is 11.7 Å². The van der Waals surface area contributed by atoms with E-state index >= 15 is 0 Å². The molecule has 1 aliphatic heterocycles. The second-order valence-corrected chi connectivity index (χ2v) is 6.21. The van der Waals surface area contributed by atoms with Crippen LogP contribution >= 0.6 is 0 Å². The van der Waals surface area contributed by atoms with Gasteiger partial charge < -0.3 is 9.63 Å². The summed E-state index contributed by atoms with van der Waals surface area (Å²) < 4.78 is 32.9. The number of aliphatic hydroxyl groups excluding tert-OH is 1. The minimum absolute atomic E-state index is 0.0438. The van der Waals surface area contributed by atoms with Crippen molar-refractivity contribution in [3.63, 3.8) is 0 Å². The van der Waals surface area contributed by atoms with Gasteiger partial charge in [-0.05, 0) is 19.8 Å². The van der Waals surface area contributed by atoms with Crippen molar-refractivity contribution < 1.29 is 18.0 Å². The molecule has 9 heteroatoms. The van der Waals surface area contributed by atoms with Gasteiger partial charge in [-0.3, -0.25) is 0 Å². The maximum absolute atomic E-state index is 12.1. The molecule has 2 heterocycles. The summed E-state index contributed by atoms with van der Waals surface area (Å²) in [4.78, 5) is 3.93. The molecule has 0 bridgehead atoms. The number of piperidine rings is 1. The average molecular weight is 290 g/mol. The van der Waals surface area contributed by atoms with Gasteiger partial charge in [0.25, 0.3) is 10.2 Å². The normalized spacial score (nSPS) is 21.7.